The molecule has 0 radical (unpaired) electrons. The fourth-order valence-electron chi connectivity index (χ4n) is 1.97. The van der Waals surface area contributed by atoms with Gasteiger partial charge in [-0.05, 0) is 19.8 Å². The molecule has 0 fully saturated rings. The predicted molar refractivity (Wildman–Crippen MR) is 75.1 cm³/mol. The number of hydrogen-bond acceptors (Lipinski definition) is 3. The summed E-state index contributed by atoms with van der Waals surface area (Å²) in [6.07, 6.45) is 10.6. The molecule has 0 saturated carbocycles. The predicted octanol–water partition coefficient (Wildman–Crippen LogP) is 4.75. The van der Waals surface area contributed by atoms with Gasteiger partial charge < -0.3 is 4.74 Å². The van der Waals surface area contributed by atoms with E-state index in [1.54, 1.807) is 18.4 Å². The summed E-state index contributed by atoms with van der Waals surface area (Å²) in [5.41, 5.74) is 1.04. The van der Waals surface area contributed by atoms with E-state index in [-0.39, 0.29) is 0 Å². The van der Waals surface area contributed by atoms with Crippen LogP contribution >= 0.6 is 11.3 Å². The highest BCUT2D eigenvalue weighted by atomic mass is 32.1. The Morgan fingerprint density at radius 3 is 2.29 bits per heavy atom. The summed E-state index contributed by atoms with van der Waals surface area (Å²) in [7, 11) is 1.72. The summed E-state index contributed by atoms with van der Waals surface area (Å²) < 4.78 is 5.25. The molecule has 1 aromatic rings. The minimum atomic E-state index is 0.975. The molecule has 0 amide bonds. The molecule has 0 N–H and O–H groups in total. The van der Waals surface area contributed by atoms with Crippen molar-refractivity contribution < 1.29 is 4.74 Å². The zero-order chi connectivity index (χ0) is 12.5. The number of ether oxygens (including phenoxy) is 1. The van der Waals surface area contributed by atoms with Crippen molar-refractivity contribution in [2.45, 2.75) is 65.2 Å². The second kappa shape index (κ2) is 8.51. The van der Waals surface area contributed by atoms with Gasteiger partial charge in [-0.1, -0.05) is 56.8 Å². The van der Waals surface area contributed by atoms with Crippen molar-refractivity contribution in [1.29, 1.82) is 0 Å². The summed E-state index contributed by atoms with van der Waals surface area (Å²) in [5, 5.41) is 2.20. The van der Waals surface area contributed by atoms with Gasteiger partial charge in [0.05, 0.1) is 17.8 Å². The van der Waals surface area contributed by atoms with E-state index < -0.39 is 0 Å². The molecule has 0 aromatic carbocycles. The van der Waals surface area contributed by atoms with E-state index in [0.29, 0.717) is 0 Å². The van der Waals surface area contributed by atoms with E-state index in [0.717, 1.165) is 17.2 Å². The van der Waals surface area contributed by atoms with E-state index in [1.165, 1.54) is 50.0 Å². The minimum Gasteiger partial charge on any atom is -0.486 e. The van der Waals surface area contributed by atoms with Crippen LogP contribution in [0.1, 0.15) is 62.6 Å². The van der Waals surface area contributed by atoms with Crippen LogP contribution in [0.4, 0.5) is 0 Å². The lowest BCUT2D eigenvalue weighted by atomic mass is 10.1. The summed E-state index contributed by atoms with van der Waals surface area (Å²) in [6.45, 7) is 4.28. The molecule has 0 saturated heterocycles. The molecule has 0 aliphatic rings. The van der Waals surface area contributed by atoms with Gasteiger partial charge in [0, 0.05) is 0 Å². The Labute approximate surface area is 109 Å². The lowest BCUT2D eigenvalue weighted by molar-refractivity contribution is 0.423. The van der Waals surface area contributed by atoms with Crippen LogP contribution in [-0.4, -0.2) is 12.1 Å². The van der Waals surface area contributed by atoms with E-state index >= 15 is 0 Å². The van der Waals surface area contributed by atoms with Crippen LogP contribution in [0.3, 0.4) is 0 Å². The molecule has 1 heterocycles. The molecule has 3 heteroatoms. The van der Waals surface area contributed by atoms with E-state index in [1.807, 2.05) is 6.92 Å². The Balaban J connectivity index is 2.09. The third-order valence-corrected chi connectivity index (χ3v) is 4.16. The first-order valence-corrected chi connectivity index (χ1v) is 7.59. The van der Waals surface area contributed by atoms with Crippen molar-refractivity contribution in [1.82, 2.24) is 4.98 Å². The van der Waals surface area contributed by atoms with Gasteiger partial charge in [0.1, 0.15) is 0 Å². The summed E-state index contributed by atoms with van der Waals surface area (Å²) in [6, 6.07) is 0. The topological polar surface area (TPSA) is 22.1 Å². The number of hydrogen-bond donors (Lipinski definition) is 0. The highest BCUT2D eigenvalue weighted by molar-refractivity contribution is 7.13. The van der Waals surface area contributed by atoms with Crippen molar-refractivity contribution in [3.63, 3.8) is 0 Å². The van der Waals surface area contributed by atoms with Gasteiger partial charge in [0.15, 0.2) is 5.06 Å². The number of unbranched alkanes of at least 4 members (excludes halogenated alkanes) is 6. The number of methoxy groups -OCH3 is 1. The lowest BCUT2D eigenvalue weighted by Crippen LogP contribution is -1.86. The zero-order valence-electron chi connectivity index (χ0n) is 11.4. The van der Waals surface area contributed by atoms with Gasteiger partial charge in [0.2, 0.25) is 0 Å². The van der Waals surface area contributed by atoms with Crippen molar-refractivity contribution in [3.8, 4) is 5.06 Å². The first-order valence-electron chi connectivity index (χ1n) is 6.78. The first kappa shape index (κ1) is 14.5. The maximum absolute atomic E-state index is 5.25. The lowest BCUT2D eigenvalue weighted by Gasteiger charge is -1.99. The Hall–Kier alpha value is -0.570. The van der Waals surface area contributed by atoms with Crippen LogP contribution < -0.4 is 4.74 Å². The smallest absolute Gasteiger partial charge is 0.196 e. The number of nitrogens with zero attached hydrogens (tertiary/aromatic N) is 1. The summed E-state index contributed by atoms with van der Waals surface area (Å²) in [4.78, 5) is 4.52. The molecule has 0 aliphatic heterocycles. The van der Waals surface area contributed by atoms with Crippen molar-refractivity contribution in [3.05, 3.63) is 10.7 Å². The van der Waals surface area contributed by atoms with Crippen LogP contribution in [-0.2, 0) is 6.42 Å². The maximum Gasteiger partial charge on any atom is 0.196 e. The Morgan fingerprint density at radius 1 is 1.06 bits per heavy atom. The van der Waals surface area contributed by atoms with Crippen LogP contribution in [0.5, 0.6) is 5.06 Å². The number of thiazole rings is 1. The molecule has 0 unspecified atom stereocenters. The molecular formula is C14H25NOS. The average molecular weight is 255 g/mol. The standard InChI is InChI=1S/C14H25NOS/c1-4-5-6-7-8-9-10-11-13-15-12(2)14(16-3)17-13/h4-11H2,1-3H3. The maximum atomic E-state index is 5.25. The molecule has 0 atom stereocenters. The molecule has 98 valence electrons. The molecule has 0 spiro atoms. The van der Waals surface area contributed by atoms with Gasteiger partial charge in [0.25, 0.3) is 0 Å². The second-order valence-corrected chi connectivity index (χ2v) is 5.60. The van der Waals surface area contributed by atoms with Gasteiger partial charge in [-0.15, -0.1) is 0 Å². The Bertz CT molecular complexity index is 309. The van der Waals surface area contributed by atoms with Crippen LogP contribution in [0.15, 0.2) is 0 Å². The highest BCUT2D eigenvalue weighted by Gasteiger charge is 2.06. The summed E-state index contributed by atoms with van der Waals surface area (Å²) >= 11 is 1.70. The monoisotopic (exact) mass is 255 g/mol. The third kappa shape index (κ3) is 5.53. The van der Waals surface area contributed by atoms with Gasteiger partial charge >= 0.3 is 0 Å². The molecule has 1 aromatic heterocycles. The van der Waals surface area contributed by atoms with E-state index in [2.05, 4.69) is 11.9 Å². The highest BCUT2D eigenvalue weighted by Crippen LogP contribution is 2.27. The Kier molecular flexibility index (Phi) is 7.25. The number of aryl methyl sites for hydroxylation is 2. The minimum absolute atomic E-state index is 0.975. The van der Waals surface area contributed by atoms with Gasteiger partial charge in [-0.3, -0.25) is 0 Å². The van der Waals surface area contributed by atoms with Crippen LogP contribution in [0.2, 0.25) is 0 Å². The summed E-state index contributed by atoms with van der Waals surface area (Å²) in [5.74, 6) is 0. The van der Waals surface area contributed by atoms with Crippen LogP contribution in [0.25, 0.3) is 0 Å². The molecule has 0 bridgehead atoms. The molecule has 0 aliphatic carbocycles. The molecule has 2 nitrogen and oxygen atoms in total. The third-order valence-electron chi connectivity index (χ3n) is 2.98. The normalized spacial score (nSPS) is 10.8. The SMILES string of the molecule is CCCCCCCCCc1nc(C)c(OC)s1. The first-order chi connectivity index (χ1) is 8.27. The Morgan fingerprint density at radius 2 is 1.71 bits per heavy atom. The fourth-order valence-corrected chi connectivity index (χ4v) is 2.89. The average Bonchev–Trinajstić information content (AvgIpc) is 2.68. The van der Waals surface area contributed by atoms with Gasteiger partial charge in [-0.2, -0.15) is 0 Å². The number of aromatic nitrogens is 1. The number of rotatable bonds is 9. The van der Waals surface area contributed by atoms with Crippen LogP contribution in [0, 0.1) is 6.92 Å². The van der Waals surface area contributed by atoms with E-state index in [9.17, 15) is 0 Å². The molecule has 1 rings (SSSR count). The quantitative estimate of drug-likeness (QED) is 0.594. The molecule has 17 heavy (non-hydrogen) atoms. The van der Waals surface area contributed by atoms with Crippen molar-refractivity contribution in [2.75, 3.05) is 7.11 Å². The second-order valence-electron chi connectivity index (χ2n) is 4.56. The van der Waals surface area contributed by atoms with Crippen molar-refractivity contribution in [2.24, 2.45) is 0 Å². The fraction of sp³-hybridized carbons (Fsp3) is 0.786. The largest absolute Gasteiger partial charge is 0.486 e. The molecular weight excluding hydrogens is 230 g/mol. The zero-order valence-corrected chi connectivity index (χ0v) is 12.2. The van der Waals surface area contributed by atoms with Gasteiger partial charge in [-0.25, -0.2) is 4.98 Å². The van der Waals surface area contributed by atoms with E-state index in [4.69, 9.17) is 4.74 Å². The van der Waals surface area contributed by atoms with Crippen molar-refractivity contribution >= 4 is 11.3 Å².